The number of carbonyl (C=O) groups excluding carboxylic acids is 4. The van der Waals surface area contributed by atoms with E-state index in [2.05, 4.69) is 16.0 Å². The molecule has 230 valence electrons. The van der Waals surface area contributed by atoms with Crippen molar-refractivity contribution in [2.24, 2.45) is 5.73 Å². The molecule has 4 amide bonds. The van der Waals surface area contributed by atoms with Crippen molar-refractivity contribution < 1.29 is 23.9 Å². The van der Waals surface area contributed by atoms with Crippen LogP contribution in [0.1, 0.15) is 46.5 Å². The number of nitrogens with two attached hydrogens (primary N) is 1. The highest BCUT2D eigenvalue weighted by atomic mass is 32.2. The maximum atomic E-state index is 13.6. The molecule has 0 aromatic heterocycles. The summed E-state index contributed by atoms with van der Waals surface area (Å²) >= 11 is 1.35. The minimum Gasteiger partial charge on any atom is -0.493 e. The van der Waals surface area contributed by atoms with E-state index in [1.165, 1.54) is 11.8 Å². The molecule has 10 heteroatoms. The monoisotopic (exact) mass is 622 g/mol. The maximum absolute atomic E-state index is 13.6. The first kappa shape index (κ1) is 32.6. The highest BCUT2D eigenvalue weighted by Gasteiger charge is 2.20. The van der Waals surface area contributed by atoms with Crippen molar-refractivity contribution in [3.05, 3.63) is 126 Å². The predicted molar refractivity (Wildman–Crippen MR) is 178 cm³/mol. The average Bonchev–Trinajstić information content (AvgIpc) is 3.05. The number of hydrogen-bond acceptors (Lipinski definition) is 6. The van der Waals surface area contributed by atoms with E-state index in [0.717, 1.165) is 4.90 Å². The number of nitrogens with one attached hydrogen (secondary N) is 3. The number of para-hydroxylation sites is 1. The Morgan fingerprint density at radius 3 is 2.20 bits per heavy atom. The van der Waals surface area contributed by atoms with Crippen molar-refractivity contribution in [2.45, 2.75) is 30.4 Å². The lowest BCUT2D eigenvalue weighted by molar-refractivity contribution is -0.116. The first-order valence-electron chi connectivity index (χ1n) is 14.4. The Hall–Kier alpha value is -5.35. The van der Waals surface area contributed by atoms with Crippen LogP contribution in [0.15, 0.2) is 114 Å². The molecular weight excluding hydrogens is 588 g/mol. The standard InChI is InChI=1S/C35H34N4O5S/c1-3-31(35(43)37-26-19-17-23(18-20-26)32(36)40)45-28-15-10-14-27(22-28)38-34(42)29(39-33(41)24-11-6-5-7-12-24)21-25-13-8-9-16-30(25)44-4-2/h5-22,31H,3-4H2,1-2H3,(H2,36,40)(H,37,43)(H,38,42)(H,39,41)/b29-21+. The van der Waals surface area contributed by atoms with E-state index in [1.54, 1.807) is 91.0 Å². The van der Waals surface area contributed by atoms with Gasteiger partial charge in [-0.05, 0) is 80.1 Å². The molecule has 4 aromatic rings. The Morgan fingerprint density at radius 1 is 0.800 bits per heavy atom. The average molecular weight is 623 g/mol. The molecule has 0 aliphatic heterocycles. The highest BCUT2D eigenvalue weighted by molar-refractivity contribution is 8.00. The molecule has 0 aliphatic carbocycles. The molecular formula is C35H34N4O5S. The van der Waals surface area contributed by atoms with Crippen LogP contribution < -0.4 is 26.4 Å². The number of amides is 4. The Bertz CT molecular complexity index is 1690. The molecule has 0 fully saturated rings. The van der Waals surface area contributed by atoms with Gasteiger partial charge in [0.2, 0.25) is 11.8 Å². The Morgan fingerprint density at radius 2 is 1.51 bits per heavy atom. The fourth-order valence-corrected chi connectivity index (χ4v) is 5.27. The van der Waals surface area contributed by atoms with E-state index in [9.17, 15) is 19.2 Å². The van der Waals surface area contributed by atoms with Crippen molar-refractivity contribution in [3.63, 3.8) is 0 Å². The lowest BCUT2D eigenvalue weighted by Gasteiger charge is -2.16. The van der Waals surface area contributed by atoms with Crippen LogP contribution in [0.4, 0.5) is 11.4 Å². The number of benzene rings is 4. The molecule has 0 radical (unpaired) electrons. The summed E-state index contributed by atoms with van der Waals surface area (Å²) in [6, 6.07) is 29.3. The minimum atomic E-state index is -0.543. The third kappa shape index (κ3) is 9.32. The molecule has 1 atom stereocenters. The molecule has 0 saturated carbocycles. The normalized spacial score (nSPS) is 11.6. The smallest absolute Gasteiger partial charge is 0.272 e. The number of anilines is 2. The second-order valence-corrected chi connectivity index (χ2v) is 11.1. The van der Waals surface area contributed by atoms with Crippen LogP contribution in [0.2, 0.25) is 0 Å². The van der Waals surface area contributed by atoms with Gasteiger partial charge in [-0.1, -0.05) is 49.4 Å². The Kier molecular flexibility index (Phi) is 11.5. The Labute approximate surface area is 266 Å². The van der Waals surface area contributed by atoms with Gasteiger partial charge in [0.15, 0.2) is 0 Å². The summed E-state index contributed by atoms with van der Waals surface area (Å²) in [7, 11) is 0. The number of primary amides is 1. The zero-order valence-electron chi connectivity index (χ0n) is 24.9. The molecule has 0 spiro atoms. The van der Waals surface area contributed by atoms with Gasteiger partial charge in [-0.15, -0.1) is 11.8 Å². The van der Waals surface area contributed by atoms with Gasteiger partial charge in [-0.3, -0.25) is 19.2 Å². The molecule has 4 rings (SSSR count). The molecule has 0 aliphatic rings. The highest BCUT2D eigenvalue weighted by Crippen LogP contribution is 2.29. The first-order chi connectivity index (χ1) is 21.8. The van der Waals surface area contributed by atoms with Gasteiger partial charge in [-0.25, -0.2) is 0 Å². The number of carbonyl (C=O) groups is 4. The van der Waals surface area contributed by atoms with Crippen LogP contribution >= 0.6 is 11.8 Å². The SMILES string of the molecule is CCOc1ccccc1/C=C(/NC(=O)c1ccccc1)C(=O)Nc1cccc(SC(CC)C(=O)Nc2ccc(C(N)=O)cc2)c1. The summed E-state index contributed by atoms with van der Waals surface area (Å²) in [5.74, 6) is -1.14. The number of rotatable bonds is 13. The van der Waals surface area contributed by atoms with Gasteiger partial charge in [0.05, 0.1) is 11.9 Å². The van der Waals surface area contributed by atoms with Crippen molar-refractivity contribution in [1.82, 2.24) is 5.32 Å². The quantitative estimate of drug-likeness (QED) is 0.105. The molecule has 9 nitrogen and oxygen atoms in total. The first-order valence-corrected chi connectivity index (χ1v) is 15.2. The van der Waals surface area contributed by atoms with Crippen molar-refractivity contribution in [3.8, 4) is 5.75 Å². The van der Waals surface area contributed by atoms with Crippen LogP contribution in [0.3, 0.4) is 0 Å². The van der Waals surface area contributed by atoms with E-state index in [4.69, 9.17) is 10.5 Å². The van der Waals surface area contributed by atoms with Gasteiger partial charge in [0, 0.05) is 33.0 Å². The fourth-order valence-electron chi connectivity index (χ4n) is 4.26. The maximum Gasteiger partial charge on any atom is 0.272 e. The largest absolute Gasteiger partial charge is 0.493 e. The predicted octanol–water partition coefficient (Wildman–Crippen LogP) is 6.10. The molecule has 5 N–H and O–H groups in total. The van der Waals surface area contributed by atoms with Crippen molar-refractivity contribution in [2.75, 3.05) is 17.2 Å². The zero-order valence-corrected chi connectivity index (χ0v) is 25.7. The summed E-state index contributed by atoms with van der Waals surface area (Å²) in [6.07, 6.45) is 2.12. The van der Waals surface area contributed by atoms with Gasteiger partial charge >= 0.3 is 0 Å². The molecule has 0 heterocycles. The summed E-state index contributed by atoms with van der Waals surface area (Å²) in [5.41, 5.74) is 7.74. The topological polar surface area (TPSA) is 140 Å². The molecule has 0 bridgehead atoms. The molecule has 45 heavy (non-hydrogen) atoms. The number of ether oxygens (including phenoxy) is 1. The summed E-state index contributed by atoms with van der Waals surface area (Å²) < 4.78 is 5.72. The lowest BCUT2D eigenvalue weighted by Crippen LogP contribution is -2.30. The van der Waals surface area contributed by atoms with Gasteiger partial charge < -0.3 is 26.4 Å². The third-order valence-electron chi connectivity index (χ3n) is 6.52. The molecule has 4 aromatic carbocycles. The van der Waals surface area contributed by atoms with E-state index in [0.29, 0.717) is 46.8 Å². The van der Waals surface area contributed by atoms with Crippen LogP contribution in [-0.4, -0.2) is 35.5 Å². The van der Waals surface area contributed by atoms with E-state index in [1.807, 2.05) is 32.0 Å². The molecule has 0 saturated heterocycles. The summed E-state index contributed by atoms with van der Waals surface area (Å²) in [6.45, 7) is 4.21. The zero-order chi connectivity index (χ0) is 32.2. The van der Waals surface area contributed by atoms with E-state index >= 15 is 0 Å². The van der Waals surface area contributed by atoms with Crippen molar-refractivity contribution in [1.29, 1.82) is 0 Å². The lowest BCUT2D eigenvalue weighted by atomic mass is 10.1. The van der Waals surface area contributed by atoms with E-state index in [-0.39, 0.29) is 11.6 Å². The summed E-state index contributed by atoms with van der Waals surface area (Å²) in [4.78, 5) is 51.7. The third-order valence-corrected chi connectivity index (χ3v) is 7.88. The number of hydrogen-bond donors (Lipinski definition) is 4. The van der Waals surface area contributed by atoms with Crippen LogP contribution in [-0.2, 0) is 9.59 Å². The van der Waals surface area contributed by atoms with Gasteiger partial charge in [0.1, 0.15) is 11.4 Å². The van der Waals surface area contributed by atoms with Crippen LogP contribution in [0, 0.1) is 0 Å². The van der Waals surface area contributed by atoms with Crippen LogP contribution in [0.25, 0.3) is 6.08 Å². The van der Waals surface area contributed by atoms with Crippen molar-refractivity contribution >= 4 is 52.8 Å². The second kappa shape index (κ2) is 15.9. The summed E-state index contributed by atoms with van der Waals surface area (Å²) in [5, 5.41) is 8.06. The van der Waals surface area contributed by atoms with Gasteiger partial charge in [0.25, 0.3) is 11.8 Å². The Balaban J connectivity index is 1.51. The minimum absolute atomic E-state index is 0.0298. The fraction of sp³-hybridized carbons (Fsp3) is 0.143. The van der Waals surface area contributed by atoms with Crippen LogP contribution in [0.5, 0.6) is 5.75 Å². The van der Waals surface area contributed by atoms with Gasteiger partial charge in [-0.2, -0.15) is 0 Å². The molecule has 1 unspecified atom stereocenters. The van der Waals surface area contributed by atoms with E-state index < -0.39 is 23.0 Å². The number of thioether (sulfide) groups is 1. The second-order valence-electron chi connectivity index (χ2n) is 9.78.